The van der Waals surface area contributed by atoms with Crippen LogP contribution in [0.4, 0.5) is 0 Å². The van der Waals surface area contributed by atoms with Crippen LogP contribution in [0.15, 0.2) is 53.4 Å². The quantitative estimate of drug-likeness (QED) is 0.628. The highest BCUT2D eigenvalue weighted by molar-refractivity contribution is 7.89. The van der Waals surface area contributed by atoms with Gasteiger partial charge < -0.3 is 15.0 Å². The minimum Gasteiger partial charge on any atom is -0.494 e. The number of nitrogens with zero attached hydrogens (tertiary/aromatic N) is 1. The van der Waals surface area contributed by atoms with Crippen LogP contribution in [0, 0.1) is 12.8 Å². The first-order valence-electron chi connectivity index (χ1n) is 12.2. The van der Waals surface area contributed by atoms with Crippen LogP contribution < -0.4 is 14.8 Å². The van der Waals surface area contributed by atoms with Crippen molar-refractivity contribution in [3.05, 3.63) is 59.7 Å². The molecule has 0 radical (unpaired) electrons. The van der Waals surface area contributed by atoms with Gasteiger partial charge in [-0.2, -0.15) is 0 Å². The molecule has 0 spiro atoms. The molecule has 1 atom stereocenters. The van der Waals surface area contributed by atoms with E-state index in [1.807, 2.05) is 36.9 Å². The Labute approximate surface area is 202 Å². The molecule has 184 valence electrons. The van der Waals surface area contributed by atoms with E-state index < -0.39 is 10.0 Å². The maximum Gasteiger partial charge on any atom is 0.240 e. The highest BCUT2D eigenvalue weighted by Gasteiger charge is 2.35. The number of carbonyl (C=O) groups excluding carboxylic acids is 1. The van der Waals surface area contributed by atoms with E-state index >= 15 is 0 Å². The first-order chi connectivity index (χ1) is 16.4. The summed E-state index contributed by atoms with van der Waals surface area (Å²) in [5.41, 5.74) is 1.94. The van der Waals surface area contributed by atoms with Crippen LogP contribution in [0.3, 0.4) is 0 Å². The van der Waals surface area contributed by atoms with Crippen LogP contribution in [-0.2, 0) is 14.8 Å². The number of rotatable bonds is 7. The predicted molar refractivity (Wildman–Crippen MR) is 132 cm³/mol. The third-order valence-corrected chi connectivity index (χ3v) is 8.38. The number of carbonyl (C=O) groups is 1. The lowest BCUT2D eigenvalue weighted by Gasteiger charge is -2.40. The monoisotopic (exact) mass is 485 g/mol. The number of hydrogen-bond acceptors (Lipinski definition) is 5. The minimum atomic E-state index is -3.63. The molecule has 1 saturated carbocycles. The molecule has 2 fully saturated rings. The molecule has 8 heteroatoms. The van der Waals surface area contributed by atoms with Gasteiger partial charge in [-0.15, -0.1) is 0 Å². The molecule has 2 aromatic rings. The summed E-state index contributed by atoms with van der Waals surface area (Å²) in [4.78, 5) is 15.7. The van der Waals surface area contributed by atoms with Crippen LogP contribution in [0.5, 0.6) is 5.75 Å². The Morgan fingerprint density at radius 3 is 2.53 bits per heavy atom. The summed E-state index contributed by atoms with van der Waals surface area (Å²) < 4.78 is 34.3. The molecule has 1 heterocycles. The Morgan fingerprint density at radius 1 is 1.12 bits per heavy atom. The van der Waals surface area contributed by atoms with E-state index in [1.165, 1.54) is 0 Å². The van der Waals surface area contributed by atoms with Crippen LogP contribution in [0.25, 0.3) is 0 Å². The fourth-order valence-corrected chi connectivity index (χ4v) is 6.42. The molecule has 34 heavy (non-hydrogen) atoms. The van der Waals surface area contributed by atoms with E-state index in [4.69, 9.17) is 4.74 Å². The second kappa shape index (κ2) is 10.9. The van der Waals surface area contributed by atoms with Gasteiger partial charge in [-0.05, 0) is 68.9 Å². The van der Waals surface area contributed by atoms with Crippen molar-refractivity contribution < 1.29 is 17.9 Å². The Balaban J connectivity index is 1.36. The highest BCUT2D eigenvalue weighted by atomic mass is 32.2. The Morgan fingerprint density at radius 2 is 1.85 bits per heavy atom. The molecule has 7 nitrogen and oxygen atoms in total. The predicted octanol–water partition coefficient (Wildman–Crippen LogP) is 3.40. The first kappa shape index (κ1) is 24.7. The molecule has 4 rings (SSSR count). The molecule has 2 aliphatic rings. The summed E-state index contributed by atoms with van der Waals surface area (Å²) in [6, 6.07) is 15.0. The fourth-order valence-electron chi connectivity index (χ4n) is 5.03. The van der Waals surface area contributed by atoms with Crippen molar-refractivity contribution in [2.45, 2.75) is 56.5 Å². The molecular weight excluding hydrogens is 450 g/mol. The fraction of sp³-hybridized carbons (Fsp3) is 0.500. The SMILES string of the molecule is CCOc1ccc(S(=O)(=O)N[C@H]2CC[C@H](C(=O)N3CCNC[C@@H]3c3ccccc3)CC2)cc1C. The lowest BCUT2D eigenvalue weighted by molar-refractivity contribution is -0.140. The molecule has 1 amide bonds. The molecule has 0 unspecified atom stereocenters. The number of nitrogens with one attached hydrogen (secondary N) is 2. The van der Waals surface area contributed by atoms with Gasteiger partial charge in [0.2, 0.25) is 15.9 Å². The van der Waals surface area contributed by atoms with E-state index in [2.05, 4.69) is 22.2 Å². The molecule has 2 aromatic carbocycles. The number of benzene rings is 2. The van der Waals surface area contributed by atoms with E-state index in [1.54, 1.807) is 18.2 Å². The Hall–Kier alpha value is -2.42. The van der Waals surface area contributed by atoms with E-state index in [0.717, 1.165) is 24.2 Å². The van der Waals surface area contributed by atoms with Crippen LogP contribution >= 0.6 is 0 Å². The number of ether oxygens (including phenoxy) is 1. The minimum absolute atomic E-state index is 0.0431. The molecule has 2 N–H and O–H groups in total. The van der Waals surface area contributed by atoms with Crippen molar-refractivity contribution in [3.8, 4) is 5.75 Å². The van der Waals surface area contributed by atoms with Gasteiger partial charge in [-0.3, -0.25) is 4.79 Å². The smallest absolute Gasteiger partial charge is 0.240 e. The number of sulfonamides is 1. The van der Waals surface area contributed by atoms with Crippen molar-refractivity contribution in [1.29, 1.82) is 0 Å². The second-order valence-electron chi connectivity index (χ2n) is 9.19. The standard InChI is InChI=1S/C26H35N3O4S/c1-3-33-25-14-13-23(17-19(25)2)34(31,32)28-22-11-9-21(10-12-22)26(30)29-16-15-27-18-24(29)20-7-5-4-6-8-20/h4-8,13-14,17,21-22,24,27-28H,3,9-12,15-16,18H2,1-2H3/t21-,22-,24-/m1/s1. The zero-order valence-corrected chi connectivity index (χ0v) is 20.8. The maximum atomic E-state index is 13.4. The normalized spacial score (nSPS) is 23.5. The van der Waals surface area contributed by atoms with E-state index in [-0.39, 0.29) is 28.8 Å². The molecular formula is C26H35N3O4S. The lowest BCUT2D eigenvalue weighted by Crippen LogP contribution is -2.51. The third kappa shape index (κ3) is 5.62. The molecule has 0 aromatic heterocycles. The van der Waals surface area contributed by atoms with Gasteiger partial charge in [0.25, 0.3) is 0 Å². The van der Waals surface area contributed by atoms with Gasteiger partial charge in [0, 0.05) is 31.6 Å². The summed E-state index contributed by atoms with van der Waals surface area (Å²) in [6.07, 6.45) is 2.71. The summed E-state index contributed by atoms with van der Waals surface area (Å²) in [5, 5.41) is 3.41. The summed E-state index contributed by atoms with van der Waals surface area (Å²) in [6.45, 7) is 6.53. The number of amides is 1. The van der Waals surface area contributed by atoms with Gasteiger partial charge in [0.05, 0.1) is 17.5 Å². The summed E-state index contributed by atoms with van der Waals surface area (Å²) in [5.74, 6) is 0.832. The van der Waals surface area contributed by atoms with Crippen molar-refractivity contribution in [2.24, 2.45) is 5.92 Å². The summed E-state index contributed by atoms with van der Waals surface area (Å²) in [7, 11) is -3.63. The molecule has 0 bridgehead atoms. The number of aryl methyl sites for hydroxylation is 1. The topological polar surface area (TPSA) is 87.7 Å². The molecule has 1 aliphatic heterocycles. The third-order valence-electron chi connectivity index (χ3n) is 6.87. The zero-order valence-electron chi connectivity index (χ0n) is 20.0. The lowest BCUT2D eigenvalue weighted by atomic mass is 9.85. The van der Waals surface area contributed by atoms with Crippen LogP contribution in [-0.4, -0.2) is 51.5 Å². The van der Waals surface area contributed by atoms with Gasteiger partial charge in [-0.25, -0.2) is 13.1 Å². The first-order valence-corrected chi connectivity index (χ1v) is 13.7. The summed E-state index contributed by atoms with van der Waals surface area (Å²) >= 11 is 0. The van der Waals surface area contributed by atoms with E-state index in [9.17, 15) is 13.2 Å². The number of hydrogen-bond donors (Lipinski definition) is 2. The highest BCUT2D eigenvalue weighted by Crippen LogP contribution is 2.31. The Kier molecular flexibility index (Phi) is 7.91. The van der Waals surface area contributed by atoms with Crippen LogP contribution in [0.2, 0.25) is 0 Å². The second-order valence-corrected chi connectivity index (χ2v) is 10.9. The van der Waals surface area contributed by atoms with Crippen molar-refractivity contribution >= 4 is 15.9 Å². The largest absolute Gasteiger partial charge is 0.494 e. The van der Waals surface area contributed by atoms with Gasteiger partial charge in [0.15, 0.2) is 0 Å². The van der Waals surface area contributed by atoms with Gasteiger partial charge >= 0.3 is 0 Å². The average molecular weight is 486 g/mol. The molecule has 1 aliphatic carbocycles. The zero-order chi connectivity index (χ0) is 24.1. The maximum absolute atomic E-state index is 13.4. The van der Waals surface area contributed by atoms with Gasteiger partial charge in [0.1, 0.15) is 5.75 Å². The van der Waals surface area contributed by atoms with Crippen molar-refractivity contribution in [2.75, 3.05) is 26.2 Å². The Bertz CT molecular complexity index is 1080. The van der Waals surface area contributed by atoms with Crippen molar-refractivity contribution in [1.82, 2.24) is 14.9 Å². The van der Waals surface area contributed by atoms with Crippen LogP contribution in [0.1, 0.15) is 49.8 Å². The number of piperazine rings is 1. The van der Waals surface area contributed by atoms with Crippen molar-refractivity contribution in [3.63, 3.8) is 0 Å². The van der Waals surface area contributed by atoms with Gasteiger partial charge in [-0.1, -0.05) is 30.3 Å². The van der Waals surface area contributed by atoms with E-state index in [0.29, 0.717) is 44.6 Å². The average Bonchev–Trinajstić information content (AvgIpc) is 2.86. The molecule has 1 saturated heterocycles.